The Balaban J connectivity index is 1.34. The first-order valence-electron chi connectivity index (χ1n) is 9.31. The molecule has 0 spiro atoms. The second-order valence-electron chi connectivity index (χ2n) is 7.15. The Morgan fingerprint density at radius 2 is 1.96 bits per heavy atom. The van der Waals surface area contributed by atoms with Gasteiger partial charge in [-0.25, -0.2) is 13.8 Å². The molecule has 7 heteroatoms. The first-order valence-corrected chi connectivity index (χ1v) is 10.1. The summed E-state index contributed by atoms with van der Waals surface area (Å²) in [6, 6.07) is 4.26. The lowest BCUT2D eigenvalue weighted by Gasteiger charge is -2.33. The molecule has 1 aromatic heterocycles. The molecule has 2 aliphatic heterocycles. The number of rotatable bonds is 5. The molecule has 1 atom stereocenters. The van der Waals surface area contributed by atoms with Crippen LogP contribution in [-0.2, 0) is 6.54 Å². The summed E-state index contributed by atoms with van der Waals surface area (Å²) in [5.41, 5.74) is 0.643. The molecule has 140 valence electrons. The molecule has 2 saturated heterocycles. The van der Waals surface area contributed by atoms with E-state index in [9.17, 15) is 8.78 Å². The largest absolute Gasteiger partial charge is 0.381 e. The molecule has 2 aliphatic rings. The standard InChI is InChI=1S/C19H24F2N4S/c20-17-6-5-14(10-18(17)21)23-15-4-3-7-24(12-15)13-16-11-22-19(26-16)25-8-1-2-9-25/h5-6,10-11,15,23H,1-4,7-9,12-13H2/t15-/m0/s1. The van der Waals surface area contributed by atoms with Crippen molar-refractivity contribution in [2.45, 2.75) is 38.3 Å². The van der Waals surface area contributed by atoms with Crippen molar-refractivity contribution in [2.24, 2.45) is 0 Å². The summed E-state index contributed by atoms with van der Waals surface area (Å²) in [6.07, 6.45) is 6.66. The second-order valence-corrected chi connectivity index (χ2v) is 8.24. The summed E-state index contributed by atoms with van der Waals surface area (Å²) in [4.78, 5) is 10.7. The number of likely N-dealkylation sites (tertiary alicyclic amines) is 1. The van der Waals surface area contributed by atoms with E-state index in [0.29, 0.717) is 5.69 Å². The molecule has 1 N–H and O–H groups in total. The van der Waals surface area contributed by atoms with Gasteiger partial charge < -0.3 is 10.2 Å². The van der Waals surface area contributed by atoms with Gasteiger partial charge in [-0.1, -0.05) is 0 Å². The molecule has 1 aromatic carbocycles. The lowest BCUT2D eigenvalue weighted by Crippen LogP contribution is -2.41. The molecule has 2 aromatic rings. The van der Waals surface area contributed by atoms with E-state index >= 15 is 0 Å². The van der Waals surface area contributed by atoms with Gasteiger partial charge >= 0.3 is 0 Å². The lowest BCUT2D eigenvalue weighted by molar-refractivity contribution is 0.210. The van der Waals surface area contributed by atoms with Crippen molar-refractivity contribution in [2.75, 3.05) is 36.4 Å². The molecule has 2 fully saturated rings. The number of thiazole rings is 1. The monoisotopic (exact) mass is 378 g/mol. The maximum absolute atomic E-state index is 13.4. The van der Waals surface area contributed by atoms with E-state index in [2.05, 4.69) is 20.1 Å². The van der Waals surface area contributed by atoms with Gasteiger partial charge in [0, 0.05) is 55.0 Å². The third-order valence-electron chi connectivity index (χ3n) is 5.09. The molecule has 0 radical (unpaired) electrons. The summed E-state index contributed by atoms with van der Waals surface area (Å²) in [5.74, 6) is -1.61. The summed E-state index contributed by atoms with van der Waals surface area (Å²) in [6.45, 7) is 5.11. The Kier molecular flexibility index (Phi) is 5.36. The molecule has 4 rings (SSSR count). The Hall–Kier alpha value is -1.73. The zero-order chi connectivity index (χ0) is 17.9. The van der Waals surface area contributed by atoms with Gasteiger partial charge in [0.25, 0.3) is 0 Å². The fourth-order valence-corrected chi connectivity index (χ4v) is 4.79. The molecule has 26 heavy (non-hydrogen) atoms. The van der Waals surface area contributed by atoms with Crippen LogP contribution in [0.3, 0.4) is 0 Å². The predicted molar refractivity (Wildman–Crippen MR) is 102 cm³/mol. The van der Waals surface area contributed by atoms with Gasteiger partial charge in [-0.3, -0.25) is 4.90 Å². The Labute approximate surface area is 156 Å². The van der Waals surface area contributed by atoms with Crippen molar-refractivity contribution in [3.8, 4) is 0 Å². The smallest absolute Gasteiger partial charge is 0.185 e. The minimum Gasteiger partial charge on any atom is -0.381 e. The molecular formula is C19H24F2N4S. The van der Waals surface area contributed by atoms with Crippen LogP contribution < -0.4 is 10.2 Å². The van der Waals surface area contributed by atoms with Crippen LogP contribution in [0.4, 0.5) is 19.6 Å². The summed E-state index contributed by atoms with van der Waals surface area (Å²) in [7, 11) is 0. The van der Waals surface area contributed by atoms with E-state index in [1.54, 1.807) is 17.4 Å². The van der Waals surface area contributed by atoms with Gasteiger partial charge in [0.15, 0.2) is 16.8 Å². The number of piperidine rings is 1. The van der Waals surface area contributed by atoms with E-state index < -0.39 is 11.6 Å². The van der Waals surface area contributed by atoms with Crippen LogP contribution >= 0.6 is 11.3 Å². The highest BCUT2D eigenvalue weighted by Crippen LogP contribution is 2.27. The number of nitrogens with zero attached hydrogens (tertiary/aromatic N) is 3. The van der Waals surface area contributed by atoms with Crippen molar-refractivity contribution in [3.63, 3.8) is 0 Å². The van der Waals surface area contributed by atoms with Crippen LogP contribution in [0.25, 0.3) is 0 Å². The topological polar surface area (TPSA) is 31.4 Å². The van der Waals surface area contributed by atoms with Crippen LogP contribution in [0.2, 0.25) is 0 Å². The minimum atomic E-state index is -0.806. The number of hydrogen-bond acceptors (Lipinski definition) is 5. The Morgan fingerprint density at radius 3 is 2.77 bits per heavy atom. The molecule has 0 aliphatic carbocycles. The molecule has 0 bridgehead atoms. The molecular weight excluding hydrogens is 354 g/mol. The third-order valence-corrected chi connectivity index (χ3v) is 6.14. The number of nitrogens with one attached hydrogen (secondary N) is 1. The van der Waals surface area contributed by atoms with Crippen LogP contribution in [-0.4, -0.2) is 42.1 Å². The van der Waals surface area contributed by atoms with Crippen molar-refractivity contribution in [3.05, 3.63) is 40.9 Å². The van der Waals surface area contributed by atoms with Crippen molar-refractivity contribution < 1.29 is 8.78 Å². The molecule has 0 saturated carbocycles. The Morgan fingerprint density at radius 1 is 1.12 bits per heavy atom. The van der Waals surface area contributed by atoms with E-state index in [-0.39, 0.29) is 6.04 Å². The van der Waals surface area contributed by atoms with E-state index in [4.69, 9.17) is 0 Å². The first kappa shape index (κ1) is 17.7. The van der Waals surface area contributed by atoms with Gasteiger partial charge in [-0.15, -0.1) is 11.3 Å². The number of halogens is 2. The molecule has 3 heterocycles. The molecule has 0 unspecified atom stereocenters. The van der Waals surface area contributed by atoms with Gasteiger partial charge in [-0.05, 0) is 44.4 Å². The summed E-state index contributed by atoms with van der Waals surface area (Å²) < 4.78 is 26.5. The van der Waals surface area contributed by atoms with Gasteiger partial charge in [0.05, 0.1) is 0 Å². The number of hydrogen-bond donors (Lipinski definition) is 1. The zero-order valence-electron chi connectivity index (χ0n) is 14.8. The van der Waals surface area contributed by atoms with Crippen molar-refractivity contribution >= 4 is 22.2 Å². The zero-order valence-corrected chi connectivity index (χ0v) is 15.6. The average molecular weight is 378 g/mol. The number of benzene rings is 1. The van der Waals surface area contributed by atoms with Gasteiger partial charge in [0.1, 0.15) is 0 Å². The van der Waals surface area contributed by atoms with Crippen LogP contribution in [0.1, 0.15) is 30.6 Å². The molecule has 4 nitrogen and oxygen atoms in total. The SMILES string of the molecule is Fc1ccc(N[C@H]2CCCN(Cc3cnc(N4CCCC4)s3)C2)cc1F. The average Bonchev–Trinajstić information content (AvgIpc) is 3.30. The summed E-state index contributed by atoms with van der Waals surface area (Å²) in [5, 5.41) is 4.49. The van der Waals surface area contributed by atoms with Crippen LogP contribution in [0, 0.1) is 11.6 Å². The highest BCUT2D eigenvalue weighted by molar-refractivity contribution is 7.15. The fourth-order valence-electron chi connectivity index (χ4n) is 3.78. The van der Waals surface area contributed by atoms with Crippen LogP contribution in [0.5, 0.6) is 0 Å². The highest BCUT2D eigenvalue weighted by atomic mass is 32.1. The fraction of sp³-hybridized carbons (Fsp3) is 0.526. The van der Waals surface area contributed by atoms with Crippen molar-refractivity contribution in [1.82, 2.24) is 9.88 Å². The van der Waals surface area contributed by atoms with E-state index in [1.807, 2.05) is 6.20 Å². The van der Waals surface area contributed by atoms with E-state index in [0.717, 1.165) is 50.7 Å². The molecule has 0 amide bonds. The van der Waals surface area contributed by atoms with Crippen molar-refractivity contribution in [1.29, 1.82) is 0 Å². The highest BCUT2D eigenvalue weighted by Gasteiger charge is 2.22. The van der Waals surface area contributed by atoms with Crippen LogP contribution in [0.15, 0.2) is 24.4 Å². The minimum absolute atomic E-state index is 0.250. The number of anilines is 2. The Bertz CT molecular complexity index is 745. The van der Waals surface area contributed by atoms with E-state index in [1.165, 1.54) is 29.9 Å². The maximum atomic E-state index is 13.4. The summed E-state index contributed by atoms with van der Waals surface area (Å²) >= 11 is 1.79. The predicted octanol–water partition coefficient (Wildman–Crippen LogP) is 4.10. The third kappa shape index (κ3) is 4.15. The number of aromatic nitrogens is 1. The maximum Gasteiger partial charge on any atom is 0.185 e. The first-order chi connectivity index (χ1) is 12.7. The lowest BCUT2D eigenvalue weighted by atomic mass is 10.1. The quantitative estimate of drug-likeness (QED) is 0.849. The van der Waals surface area contributed by atoms with Gasteiger partial charge in [-0.2, -0.15) is 0 Å². The second kappa shape index (κ2) is 7.88. The van der Waals surface area contributed by atoms with Gasteiger partial charge in [0.2, 0.25) is 0 Å². The normalized spacial score (nSPS) is 21.3.